The zero-order valence-corrected chi connectivity index (χ0v) is 30.5. The average molecular weight is 715 g/mol. The minimum Gasteiger partial charge on any atom is -0.464 e. The lowest BCUT2D eigenvalue weighted by molar-refractivity contribution is -0.151. The predicted molar refractivity (Wildman–Crippen MR) is 193 cm³/mol. The molecule has 12 nitrogen and oxygen atoms in total. The van der Waals surface area contributed by atoms with Crippen LogP contribution >= 0.6 is 0 Å². The molecule has 2 aliphatic heterocycles. The van der Waals surface area contributed by atoms with Crippen molar-refractivity contribution in [3.63, 3.8) is 0 Å². The number of amides is 4. The third-order valence-electron chi connectivity index (χ3n) is 10.3. The number of esters is 1. The van der Waals surface area contributed by atoms with Crippen LogP contribution in [0.2, 0.25) is 0 Å². The fourth-order valence-corrected chi connectivity index (χ4v) is 7.59. The van der Waals surface area contributed by atoms with E-state index < -0.39 is 53.2 Å². The average Bonchev–Trinajstić information content (AvgIpc) is 3.72. The molecule has 2 aromatic rings. The van der Waals surface area contributed by atoms with Crippen LogP contribution in [0.3, 0.4) is 0 Å². The summed E-state index contributed by atoms with van der Waals surface area (Å²) in [5.41, 5.74) is 2.33. The van der Waals surface area contributed by atoms with E-state index in [1.165, 1.54) is 9.80 Å². The van der Waals surface area contributed by atoms with Crippen LogP contribution in [0, 0.1) is 5.92 Å². The van der Waals surface area contributed by atoms with E-state index in [1.54, 1.807) is 27.7 Å². The molecule has 0 aromatic heterocycles. The molecular formula is C40H50N4O8. The van der Waals surface area contributed by atoms with E-state index in [0.717, 1.165) is 41.5 Å². The van der Waals surface area contributed by atoms with E-state index in [4.69, 9.17) is 14.2 Å². The number of nitrogens with one attached hydrogen (secondary N) is 2. The first-order valence-corrected chi connectivity index (χ1v) is 18.5. The van der Waals surface area contributed by atoms with Gasteiger partial charge in [-0.15, -0.1) is 0 Å². The van der Waals surface area contributed by atoms with E-state index in [1.807, 2.05) is 48.6 Å². The molecule has 2 aliphatic carbocycles. The standard InChI is InChI=1S/C40H50N4O8/c1-5-50-36(47)40-23-26(40)15-9-7-6-8-10-20-32(41-37(48)52-39(2,3)4)35(46)44-22-21-43(24-33(44)34(45)42-40)38(49)51-25-31-29-18-13-11-16-27(29)28-17-12-14-19-30(28)31/h9,11-19,26,31-33H,5-8,10,20-25H2,1-4H3,(H,41,48)(H,42,45)/b15-9-/t26?,32-,33?,40+/m0/s1. The summed E-state index contributed by atoms with van der Waals surface area (Å²) < 4.78 is 16.8. The third kappa shape index (κ3) is 7.95. The molecule has 4 aliphatic rings. The van der Waals surface area contributed by atoms with Crippen molar-refractivity contribution in [3.8, 4) is 11.1 Å². The second-order valence-corrected chi connectivity index (χ2v) is 15.1. The van der Waals surface area contributed by atoms with Gasteiger partial charge in [0.05, 0.1) is 13.2 Å². The first-order chi connectivity index (χ1) is 24.9. The number of hydrogen-bond acceptors (Lipinski definition) is 8. The Bertz CT molecular complexity index is 1670. The smallest absolute Gasteiger partial charge is 0.409 e. The van der Waals surface area contributed by atoms with Crippen molar-refractivity contribution in [1.82, 2.24) is 20.4 Å². The fourth-order valence-electron chi connectivity index (χ4n) is 7.59. The van der Waals surface area contributed by atoms with Gasteiger partial charge in [0, 0.05) is 24.9 Å². The number of benzene rings is 2. The number of alkyl carbamates (subject to hydrolysis) is 1. The lowest BCUT2D eigenvalue weighted by Gasteiger charge is -2.42. The zero-order valence-electron chi connectivity index (χ0n) is 30.5. The highest BCUT2D eigenvalue weighted by Crippen LogP contribution is 2.46. The van der Waals surface area contributed by atoms with Gasteiger partial charge < -0.3 is 34.6 Å². The largest absolute Gasteiger partial charge is 0.464 e. The summed E-state index contributed by atoms with van der Waals surface area (Å²) >= 11 is 0. The Labute approximate surface area is 305 Å². The SMILES string of the molecule is CCOC(=O)[C@@]12CC1/C=C\CCCCC[C@H](NC(=O)OC(C)(C)C)C(=O)N1CCN(C(=O)OCC3c4ccccc4-c4ccccc43)CC1C(=O)N2. The minimum atomic E-state index is -1.27. The highest BCUT2D eigenvalue weighted by molar-refractivity contribution is 5.96. The van der Waals surface area contributed by atoms with Crippen molar-refractivity contribution in [3.05, 3.63) is 71.8 Å². The topological polar surface area (TPSA) is 144 Å². The second kappa shape index (κ2) is 15.4. The molecule has 12 heteroatoms. The quantitative estimate of drug-likeness (QED) is 0.241. The zero-order chi connectivity index (χ0) is 37.0. The summed E-state index contributed by atoms with van der Waals surface area (Å²) in [7, 11) is 0. The molecule has 278 valence electrons. The molecule has 2 fully saturated rings. The Morgan fingerprint density at radius 2 is 1.63 bits per heavy atom. The van der Waals surface area contributed by atoms with E-state index >= 15 is 0 Å². The van der Waals surface area contributed by atoms with Gasteiger partial charge in [-0.1, -0.05) is 73.5 Å². The molecule has 1 saturated heterocycles. The van der Waals surface area contributed by atoms with Crippen molar-refractivity contribution < 1.29 is 38.2 Å². The Morgan fingerprint density at radius 1 is 0.942 bits per heavy atom. The van der Waals surface area contributed by atoms with Crippen LogP contribution in [0.4, 0.5) is 9.59 Å². The number of hydrogen-bond donors (Lipinski definition) is 2. The van der Waals surface area contributed by atoms with Crippen molar-refractivity contribution in [2.24, 2.45) is 5.92 Å². The number of rotatable bonds is 5. The molecule has 2 N–H and O–H groups in total. The monoisotopic (exact) mass is 714 g/mol. The molecule has 0 spiro atoms. The van der Waals surface area contributed by atoms with Gasteiger partial charge in [-0.25, -0.2) is 14.4 Å². The Balaban J connectivity index is 1.24. The van der Waals surface area contributed by atoms with Crippen molar-refractivity contribution >= 4 is 30.0 Å². The molecule has 52 heavy (non-hydrogen) atoms. The van der Waals surface area contributed by atoms with Gasteiger partial charge in [0.15, 0.2) is 0 Å². The van der Waals surface area contributed by atoms with Crippen LogP contribution in [0.5, 0.6) is 0 Å². The highest BCUT2D eigenvalue weighted by atomic mass is 16.6. The molecule has 2 aromatic carbocycles. The summed E-state index contributed by atoms with van der Waals surface area (Å²) in [5.74, 6) is -1.98. The first kappa shape index (κ1) is 36.9. The van der Waals surface area contributed by atoms with Crippen molar-refractivity contribution in [1.29, 1.82) is 0 Å². The molecular weight excluding hydrogens is 664 g/mol. The van der Waals surface area contributed by atoms with Gasteiger partial charge in [-0.05, 0) is 75.6 Å². The van der Waals surface area contributed by atoms with Gasteiger partial charge in [-0.2, -0.15) is 0 Å². The number of ether oxygens (including phenoxy) is 3. The van der Waals surface area contributed by atoms with E-state index in [-0.39, 0.29) is 44.7 Å². The van der Waals surface area contributed by atoms with Crippen molar-refractivity contribution in [2.45, 2.75) is 95.4 Å². The van der Waals surface area contributed by atoms with Gasteiger partial charge in [0.1, 0.15) is 29.8 Å². The van der Waals surface area contributed by atoms with Gasteiger partial charge >= 0.3 is 18.2 Å². The molecule has 1 saturated carbocycles. The lowest BCUT2D eigenvalue weighted by atomic mass is 9.98. The second-order valence-electron chi connectivity index (χ2n) is 15.1. The molecule has 4 atom stereocenters. The van der Waals surface area contributed by atoms with Gasteiger partial charge in [0.25, 0.3) is 0 Å². The Hall–Kier alpha value is -4.87. The Morgan fingerprint density at radius 3 is 2.31 bits per heavy atom. The maximum absolute atomic E-state index is 14.3. The van der Waals surface area contributed by atoms with Crippen LogP contribution in [0.25, 0.3) is 11.1 Å². The first-order valence-electron chi connectivity index (χ1n) is 18.5. The van der Waals surface area contributed by atoms with E-state index in [2.05, 4.69) is 22.8 Å². The Kier molecular flexibility index (Phi) is 10.9. The predicted octanol–water partition coefficient (Wildman–Crippen LogP) is 5.30. The van der Waals surface area contributed by atoms with E-state index in [0.29, 0.717) is 19.3 Å². The number of carbonyl (C=O) groups is 5. The van der Waals surface area contributed by atoms with Crippen LogP contribution in [-0.2, 0) is 28.6 Å². The number of allylic oxidation sites excluding steroid dienone is 1. The van der Waals surface area contributed by atoms with Crippen molar-refractivity contribution in [2.75, 3.05) is 32.8 Å². The van der Waals surface area contributed by atoms with Gasteiger partial charge in [-0.3, -0.25) is 9.59 Å². The van der Waals surface area contributed by atoms with E-state index in [9.17, 15) is 24.0 Å². The third-order valence-corrected chi connectivity index (χ3v) is 10.3. The number of fused-ring (bicyclic) bond motifs is 5. The van der Waals surface area contributed by atoms with Gasteiger partial charge in [0.2, 0.25) is 11.8 Å². The normalized spacial score (nSPS) is 25.5. The molecule has 2 unspecified atom stereocenters. The summed E-state index contributed by atoms with van der Waals surface area (Å²) in [6.45, 7) is 7.15. The molecule has 2 heterocycles. The van der Waals surface area contributed by atoms with Crippen LogP contribution in [0.15, 0.2) is 60.7 Å². The summed E-state index contributed by atoms with van der Waals surface area (Å²) in [6, 6.07) is 14.0. The fraction of sp³-hybridized carbons (Fsp3) is 0.525. The molecule has 0 bridgehead atoms. The summed E-state index contributed by atoms with van der Waals surface area (Å²) in [4.78, 5) is 71.4. The van der Waals surface area contributed by atoms with Crippen LogP contribution < -0.4 is 10.6 Å². The molecule has 4 amide bonds. The number of piperazine rings is 1. The molecule has 6 rings (SSSR count). The maximum atomic E-state index is 14.3. The summed E-state index contributed by atoms with van der Waals surface area (Å²) in [6.07, 6.45) is 6.45. The number of carbonyl (C=O) groups excluding carboxylic acids is 5. The lowest BCUT2D eigenvalue weighted by Crippen LogP contribution is -2.65. The van der Waals surface area contributed by atoms with Crippen LogP contribution in [0.1, 0.15) is 83.3 Å². The summed E-state index contributed by atoms with van der Waals surface area (Å²) in [5, 5.41) is 5.69. The minimum absolute atomic E-state index is 0.0172. The number of nitrogens with zero attached hydrogens (tertiary/aromatic N) is 2. The molecule has 0 radical (unpaired) electrons. The van der Waals surface area contributed by atoms with Crippen LogP contribution in [-0.4, -0.2) is 95.8 Å². The highest BCUT2D eigenvalue weighted by Gasteiger charge is 2.62. The maximum Gasteiger partial charge on any atom is 0.409 e.